The molecule has 3 nitrogen and oxygen atoms in total. The number of hydrogen-bond donors (Lipinski definition) is 1. The first-order valence-electron chi connectivity index (χ1n) is 7.42. The minimum absolute atomic E-state index is 0.115. The lowest BCUT2D eigenvalue weighted by atomic mass is 9.87. The molecule has 0 amide bonds. The topological polar surface area (TPSA) is 28.2 Å². The summed E-state index contributed by atoms with van der Waals surface area (Å²) in [4.78, 5) is 8.76. The van der Waals surface area contributed by atoms with Gasteiger partial charge >= 0.3 is 0 Å². The van der Waals surface area contributed by atoms with Crippen LogP contribution in [0, 0.1) is 13.8 Å². The average molecular weight is 281 g/mol. The van der Waals surface area contributed by atoms with Crippen LogP contribution >= 0.6 is 11.3 Å². The molecule has 1 fully saturated rings. The Labute approximate surface area is 121 Å². The van der Waals surface area contributed by atoms with E-state index in [1.807, 2.05) is 11.3 Å². The predicted octanol–water partition coefficient (Wildman–Crippen LogP) is 3.07. The van der Waals surface area contributed by atoms with E-state index in [0.717, 1.165) is 6.54 Å². The third-order valence-corrected chi connectivity index (χ3v) is 5.61. The van der Waals surface area contributed by atoms with Crippen molar-refractivity contribution in [3.63, 3.8) is 0 Å². The molecule has 2 heterocycles. The van der Waals surface area contributed by atoms with Gasteiger partial charge in [0.2, 0.25) is 0 Å². The van der Waals surface area contributed by atoms with Gasteiger partial charge in [0.25, 0.3) is 0 Å². The van der Waals surface area contributed by atoms with Crippen molar-refractivity contribution in [2.24, 2.45) is 0 Å². The maximum atomic E-state index is 4.83. The second-order valence-corrected chi connectivity index (χ2v) is 7.11. The third kappa shape index (κ3) is 3.01. The Hall–Kier alpha value is -0.450. The SMILES string of the molecule is CCNC1(c2nc(C)c(C)s2)CCN(C(C)C)CC1. The molecule has 4 heteroatoms. The van der Waals surface area contributed by atoms with Crippen molar-refractivity contribution in [3.05, 3.63) is 15.6 Å². The lowest BCUT2D eigenvalue weighted by molar-refractivity contribution is 0.110. The van der Waals surface area contributed by atoms with Crippen LogP contribution in [0.15, 0.2) is 0 Å². The van der Waals surface area contributed by atoms with Gasteiger partial charge < -0.3 is 10.2 Å². The van der Waals surface area contributed by atoms with Gasteiger partial charge in [-0.05, 0) is 47.1 Å². The first-order chi connectivity index (χ1) is 8.98. The minimum Gasteiger partial charge on any atom is -0.306 e. The van der Waals surface area contributed by atoms with Gasteiger partial charge in [-0.15, -0.1) is 11.3 Å². The maximum Gasteiger partial charge on any atom is 0.113 e. The zero-order valence-corrected chi connectivity index (χ0v) is 13.7. The Balaban J connectivity index is 2.20. The van der Waals surface area contributed by atoms with E-state index in [2.05, 4.69) is 44.8 Å². The molecule has 1 aliphatic rings. The van der Waals surface area contributed by atoms with Gasteiger partial charge in [-0.3, -0.25) is 0 Å². The Bertz CT molecular complexity index is 398. The zero-order chi connectivity index (χ0) is 14.0. The van der Waals surface area contributed by atoms with Crippen LogP contribution in [0.4, 0.5) is 0 Å². The largest absolute Gasteiger partial charge is 0.306 e. The molecular formula is C15H27N3S. The Morgan fingerprint density at radius 2 is 1.95 bits per heavy atom. The molecule has 1 aromatic rings. The molecule has 108 valence electrons. The normalized spacial score (nSPS) is 20.1. The summed E-state index contributed by atoms with van der Waals surface area (Å²) in [6.07, 6.45) is 2.34. The van der Waals surface area contributed by atoms with Crippen LogP contribution in [0.5, 0.6) is 0 Å². The van der Waals surface area contributed by atoms with Crippen LogP contribution in [0.25, 0.3) is 0 Å². The molecule has 1 N–H and O–H groups in total. The molecule has 0 radical (unpaired) electrons. The van der Waals surface area contributed by atoms with Crippen molar-refractivity contribution in [2.45, 2.75) is 59.0 Å². The predicted molar refractivity (Wildman–Crippen MR) is 82.9 cm³/mol. The molecule has 0 bridgehead atoms. The lowest BCUT2D eigenvalue weighted by Gasteiger charge is -2.42. The van der Waals surface area contributed by atoms with Gasteiger partial charge in [-0.25, -0.2) is 4.98 Å². The van der Waals surface area contributed by atoms with E-state index < -0.39 is 0 Å². The number of likely N-dealkylation sites (tertiary alicyclic amines) is 1. The first-order valence-corrected chi connectivity index (χ1v) is 8.24. The summed E-state index contributed by atoms with van der Waals surface area (Å²) < 4.78 is 0. The number of aromatic nitrogens is 1. The van der Waals surface area contributed by atoms with Crippen LogP contribution in [-0.4, -0.2) is 35.6 Å². The summed E-state index contributed by atoms with van der Waals surface area (Å²) in [5.74, 6) is 0. The first kappa shape index (κ1) is 14.9. The highest BCUT2D eigenvalue weighted by Crippen LogP contribution is 2.36. The van der Waals surface area contributed by atoms with Crippen molar-refractivity contribution in [1.29, 1.82) is 0 Å². The number of hydrogen-bond acceptors (Lipinski definition) is 4. The minimum atomic E-state index is 0.115. The molecule has 1 aromatic heterocycles. The zero-order valence-electron chi connectivity index (χ0n) is 12.9. The Kier molecular flexibility index (Phi) is 4.64. The summed E-state index contributed by atoms with van der Waals surface area (Å²) >= 11 is 1.88. The molecule has 19 heavy (non-hydrogen) atoms. The fourth-order valence-corrected chi connectivity index (χ4v) is 4.04. The average Bonchev–Trinajstić information content (AvgIpc) is 2.71. The lowest BCUT2D eigenvalue weighted by Crippen LogP contribution is -2.52. The standard InChI is InChI=1S/C15H27N3S/c1-6-16-15(14-17-12(4)13(5)19-14)7-9-18(10-8-15)11(2)3/h11,16H,6-10H2,1-5H3. The van der Waals surface area contributed by atoms with Gasteiger partial charge in [0, 0.05) is 24.0 Å². The number of thiazole rings is 1. The summed E-state index contributed by atoms with van der Waals surface area (Å²) in [6.45, 7) is 14.4. The van der Waals surface area contributed by atoms with E-state index in [1.165, 1.54) is 41.5 Å². The molecule has 1 aliphatic heterocycles. The van der Waals surface area contributed by atoms with Gasteiger partial charge in [0.15, 0.2) is 0 Å². The quantitative estimate of drug-likeness (QED) is 0.919. The molecule has 1 saturated heterocycles. The maximum absolute atomic E-state index is 4.83. The number of nitrogens with one attached hydrogen (secondary N) is 1. The molecule has 0 aliphatic carbocycles. The molecule has 0 unspecified atom stereocenters. The summed E-state index contributed by atoms with van der Waals surface area (Å²) in [5.41, 5.74) is 1.31. The van der Waals surface area contributed by atoms with Crippen molar-refractivity contribution >= 4 is 11.3 Å². The van der Waals surface area contributed by atoms with Gasteiger partial charge in [-0.1, -0.05) is 6.92 Å². The van der Waals surface area contributed by atoms with E-state index in [9.17, 15) is 0 Å². The Morgan fingerprint density at radius 1 is 1.32 bits per heavy atom. The molecule has 0 atom stereocenters. The highest BCUT2D eigenvalue weighted by Gasteiger charge is 2.38. The second-order valence-electron chi connectivity index (χ2n) is 5.90. The molecule has 0 spiro atoms. The van der Waals surface area contributed by atoms with E-state index in [4.69, 9.17) is 4.98 Å². The number of nitrogens with zero attached hydrogens (tertiary/aromatic N) is 2. The van der Waals surface area contributed by atoms with Gasteiger partial charge in [-0.2, -0.15) is 0 Å². The van der Waals surface area contributed by atoms with Crippen molar-refractivity contribution in [3.8, 4) is 0 Å². The van der Waals surface area contributed by atoms with Crippen LogP contribution in [-0.2, 0) is 5.54 Å². The number of rotatable bonds is 4. The van der Waals surface area contributed by atoms with Gasteiger partial charge in [0.05, 0.1) is 11.2 Å². The second kappa shape index (κ2) is 5.90. The van der Waals surface area contributed by atoms with E-state index in [-0.39, 0.29) is 5.54 Å². The van der Waals surface area contributed by atoms with Crippen LogP contribution in [0.3, 0.4) is 0 Å². The van der Waals surface area contributed by atoms with E-state index in [1.54, 1.807) is 0 Å². The summed E-state index contributed by atoms with van der Waals surface area (Å²) in [6, 6.07) is 0.652. The fourth-order valence-electron chi connectivity index (χ4n) is 2.90. The number of piperidine rings is 1. The van der Waals surface area contributed by atoms with Crippen LogP contribution < -0.4 is 5.32 Å². The monoisotopic (exact) mass is 281 g/mol. The van der Waals surface area contributed by atoms with Crippen molar-refractivity contribution < 1.29 is 0 Å². The highest BCUT2D eigenvalue weighted by molar-refractivity contribution is 7.11. The summed E-state index contributed by atoms with van der Waals surface area (Å²) in [5, 5.41) is 5.03. The highest BCUT2D eigenvalue weighted by atomic mass is 32.1. The number of aryl methyl sites for hydroxylation is 2. The van der Waals surface area contributed by atoms with Crippen LogP contribution in [0.1, 0.15) is 49.2 Å². The molecular weight excluding hydrogens is 254 g/mol. The van der Waals surface area contributed by atoms with Crippen LogP contribution in [0.2, 0.25) is 0 Å². The van der Waals surface area contributed by atoms with E-state index >= 15 is 0 Å². The third-order valence-electron chi connectivity index (χ3n) is 4.33. The van der Waals surface area contributed by atoms with E-state index in [0.29, 0.717) is 6.04 Å². The smallest absolute Gasteiger partial charge is 0.113 e. The van der Waals surface area contributed by atoms with Crippen molar-refractivity contribution in [1.82, 2.24) is 15.2 Å². The summed E-state index contributed by atoms with van der Waals surface area (Å²) in [7, 11) is 0. The van der Waals surface area contributed by atoms with Gasteiger partial charge in [0.1, 0.15) is 5.01 Å². The van der Waals surface area contributed by atoms with Crippen molar-refractivity contribution in [2.75, 3.05) is 19.6 Å². The molecule has 0 saturated carbocycles. The fraction of sp³-hybridized carbons (Fsp3) is 0.800. The molecule has 0 aromatic carbocycles. The Morgan fingerprint density at radius 3 is 2.37 bits per heavy atom. The molecule has 2 rings (SSSR count).